The molecule has 1 heterocycles. The Balaban J connectivity index is 1.44. The fraction of sp³-hybridized carbons (Fsp3) is 0.650. The lowest BCUT2D eigenvalue weighted by atomic mass is 10.1. The number of nitrogens with zero attached hydrogens (tertiary/aromatic N) is 1. The number of benzene rings is 1. The van der Waals surface area contributed by atoms with Gasteiger partial charge in [0.05, 0.1) is 0 Å². The van der Waals surface area contributed by atoms with E-state index in [1.54, 1.807) is 0 Å². The topological polar surface area (TPSA) is 32.3 Å². The maximum atomic E-state index is 13.6. The maximum Gasteiger partial charge on any atom is 0.220 e. The molecule has 1 aliphatic heterocycles. The Morgan fingerprint density at radius 2 is 1.76 bits per heavy atom. The van der Waals surface area contributed by atoms with E-state index in [0.717, 1.165) is 19.5 Å². The van der Waals surface area contributed by atoms with Crippen LogP contribution in [-0.2, 0) is 11.2 Å². The van der Waals surface area contributed by atoms with E-state index in [2.05, 4.69) is 10.2 Å². The van der Waals surface area contributed by atoms with E-state index in [-0.39, 0.29) is 30.4 Å². The molecule has 5 heteroatoms. The summed E-state index contributed by atoms with van der Waals surface area (Å²) < 4.78 is 27.2. The van der Waals surface area contributed by atoms with Gasteiger partial charge in [-0.25, -0.2) is 8.78 Å². The van der Waals surface area contributed by atoms with Gasteiger partial charge in [0.25, 0.3) is 0 Å². The number of nitrogens with one attached hydrogen (secondary N) is 1. The van der Waals surface area contributed by atoms with Crippen LogP contribution in [0.2, 0.25) is 0 Å². The van der Waals surface area contributed by atoms with E-state index in [4.69, 9.17) is 0 Å². The third-order valence-electron chi connectivity index (χ3n) is 5.59. The lowest BCUT2D eigenvalue weighted by Gasteiger charge is -2.26. The summed E-state index contributed by atoms with van der Waals surface area (Å²) in [6.07, 6.45) is 9.05. The average Bonchev–Trinajstić information content (AvgIpc) is 2.87. The molecule has 1 N–H and O–H groups in total. The van der Waals surface area contributed by atoms with Crippen molar-refractivity contribution in [1.82, 2.24) is 10.2 Å². The van der Waals surface area contributed by atoms with Gasteiger partial charge in [0.2, 0.25) is 5.91 Å². The minimum absolute atomic E-state index is 0.00385. The van der Waals surface area contributed by atoms with Gasteiger partial charge in [0.15, 0.2) is 0 Å². The lowest BCUT2D eigenvalue weighted by Crippen LogP contribution is -2.39. The molecule has 1 atom stereocenters. The van der Waals surface area contributed by atoms with Gasteiger partial charge in [0, 0.05) is 37.2 Å². The summed E-state index contributed by atoms with van der Waals surface area (Å²) in [5.41, 5.74) is 0.00385. The molecular weight excluding hydrogens is 322 g/mol. The third kappa shape index (κ3) is 5.00. The largest absolute Gasteiger partial charge is 0.352 e. The van der Waals surface area contributed by atoms with Crippen LogP contribution in [0.25, 0.3) is 0 Å². The molecule has 3 nitrogen and oxygen atoms in total. The van der Waals surface area contributed by atoms with Crippen molar-refractivity contribution in [3.05, 3.63) is 35.4 Å². The molecule has 0 radical (unpaired) electrons. The number of hydrogen-bond donors (Lipinski definition) is 1. The first kappa shape index (κ1) is 18.3. The first-order valence-electron chi connectivity index (χ1n) is 9.60. The monoisotopic (exact) mass is 350 g/mol. The summed E-state index contributed by atoms with van der Waals surface area (Å²) in [6, 6.07) is 4.64. The van der Waals surface area contributed by atoms with Crippen molar-refractivity contribution in [2.45, 2.75) is 69.9 Å². The molecule has 2 fully saturated rings. The van der Waals surface area contributed by atoms with Crippen LogP contribution in [0.1, 0.15) is 56.9 Å². The first-order chi connectivity index (χ1) is 12.1. The minimum Gasteiger partial charge on any atom is -0.352 e. The number of halogens is 2. The molecule has 1 aromatic carbocycles. The molecule has 0 spiro atoms. The zero-order valence-corrected chi connectivity index (χ0v) is 14.8. The number of rotatable bonds is 5. The molecule has 1 saturated carbocycles. The molecule has 0 aromatic heterocycles. The van der Waals surface area contributed by atoms with Crippen LogP contribution < -0.4 is 5.32 Å². The van der Waals surface area contributed by atoms with Gasteiger partial charge in [-0.05, 0) is 37.8 Å². The van der Waals surface area contributed by atoms with Crippen molar-refractivity contribution in [2.24, 2.45) is 0 Å². The summed E-state index contributed by atoms with van der Waals surface area (Å²) >= 11 is 0. The van der Waals surface area contributed by atoms with Gasteiger partial charge in [-0.15, -0.1) is 0 Å². The molecule has 2 aliphatic rings. The Bertz CT molecular complexity index is 565. The van der Waals surface area contributed by atoms with Crippen LogP contribution in [0, 0.1) is 11.6 Å². The van der Waals surface area contributed by atoms with E-state index in [9.17, 15) is 13.6 Å². The fourth-order valence-corrected chi connectivity index (χ4v) is 4.17. The van der Waals surface area contributed by atoms with Crippen molar-refractivity contribution in [1.29, 1.82) is 0 Å². The maximum absolute atomic E-state index is 13.6. The summed E-state index contributed by atoms with van der Waals surface area (Å²) in [5, 5.41) is 3.05. The number of amides is 1. The zero-order chi connectivity index (χ0) is 17.6. The van der Waals surface area contributed by atoms with Crippen molar-refractivity contribution < 1.29 is 13.6 Å². The van der Waals surface area contributed by atoms with E-state index < -0.39 is 11.6 Å². The summed E-state index contributed by atoms with van der Waals surface area (Å²) in [4.78, 5) is 14.7. The van der Waals surface area contributed by atoms with Crippen LogP contribution in [0.3, 0.4) is 0 Å². The molecule has 1 saturated heterocycles. The van der Waals surface area contributed by atoms with E-state index >= 15 is 0 Å². The van der Waals surface area contributed by atoms with Gasteiger partial charge in [0.1, 0.15) is 11.6 Å². The standard InChI is InChI=1S/C20H28F2N2O/c21-18-8-5-9-19(22)17(18)10-11-20(25)23-15-12-13-24(14-15)16-6-3-1-2-4-7-16/h5,8-9,15-16H,1-4,6-7,10-14H2,(H,23,25). The summed E-state index contributed by atoms with van der Waals surface area (Å²) in [5.74, 6) is -1.27. The molecular formula is C20H28F2N2O. The second-order valence-corrected chi connectivity index (χ2v) is 7.39. The number of hydrogen-bond acceptors (Lipinski definition) is 2. The predicted octanol–water partition coefficient (Wildman–Crippen LogP) is 3.81. The molecule has 1 unspecified atom stereocenters. The van der Waals surface area contributed by atoms with Crippen LogP contribution in [0.5, 0.6) is 0 Å². The van der Waals surface area contributed by atoms with Crippen LogP contribution >= 0.6 is 0 Å². The molecule has 1 aliphatic carbocycles. The molecule has 1 amide bonds. The van der Waals surface area contributed by atoms with Gasteiger partial charge in [-0.3, -0.25) is 9.69 Å². The summed E-state index contributed by atoms with van der Waals surface area (Å²) in [6.45, 7) is 1.95. The Morgan fingerprint density at radius 3 is 2.44 bits per heavy atom. The SMILES string of the molecule is O=C(CCc1c(F)cccc1F)NC1CCN(C2CCCCCC2)C1. The molecule has 138 valence electrons. The van der Waals surface area contributed by atoms with Gasteiger partial charge in [-0.1, -0.05) is 31.7 Å². The van der Waals surface area contributed by atoms with Crippen molar-refractivity contribution >= 4 is 5.91 Å². The Morgan fingerprint density at radius 1 is 1.08 bits per heavy atom. The highest BCUT2D eigenvalue weighted by Gasteiger charge is 2.29. The third-order valence-corrected chi connectivity index (χ3v) is 5.59. The highest BCUT2D eigenvalue weighted by molar-refractivity contribution is 5.76. The minimum atomic E-state index is -0.576. The number of carbonyl (C=O) groups excluding carboxylic acids is 1. The molecule has 1 aromatic rings. The van der Waals surface area contributed by atoms with E-state index in [1.807, 2.05) is 0 Å². The quantitative estimate of drug-likeness (QED) is 0.819. The van der Waals surface area contributed by atoms with Crippen LogP contribution in [0.15, 0.2) is 18.2 Å². The van der Waals surface area contributed by atoms with Gasteiger partial charge in [-0.2, -0.15) is 0 Å². The van der Waals surface area contributed by atoms with Crippen molar-refractivity contribution in [3.8, 4) is 0 Å². The zero-order valence-electron chi connectivity index (χ0n) is 14.8. The van der Waals surface area contributed by atoms with Gasteiger partial charge < -0.3 is 5.32 Å². The van der Waals surface area contributed by atoms with Crippen molar-refractivity contribution in [2.75, 3.05) is 13.1 Å². The van der Waals surface area contributed by atoms with Gasteiger partial charge >= 0.3 is 0 Å². The normalized spacial score (nSPS) is 22.7. The lowest BCUT2D eigenvalue weighted by molar-refractivity contribution is -0.121. The Hall–Kier alpha value is -1.49. The molecule has 0 bridgehead atoms. The fourth-order valence-electron chi connectivity index (χ4n) is 4.17. The second kappa shape index (κ2) is 8.75. The second-order valence-electron chi connectivity index (χ2n) is 7.39. The molecule has 3 rings (SSSR count). The highest BCUT2D eigenvalue weighted by Crippen LogP contribution is 2.25. The van der Waals surface area contributed by atoms with Crippen LogP contribution in [-0.4, -0.2) is 36.0 Å². The average molecular weight is 350 g/mol. The summed E-state index contributed by atoms with van der Waals surface area (Å²) in [7, 11) is 0. The van der Waals surface area contributed by atoms with E-state index in [1.165, 1.54) is 56.7 Å². The van der Waals surface area contributed by atoms with E-state index in [0.29, 0.717) is 6.04 Å². The number of carbonyl (C=O) groups is 1. The van der Waals surface area contributed by atoms with Crippen molar-refractivity contribution in [3.63, 3.8) is 0 Å². The molecule has 25 heavy (non-hydrogen) atoms. The van der Waals surface area contributed by atoms with Crippen LogP contribution in [0.4, 0.5) is 8.78 Å². The first-order valence-corrected chi connectivity index (χ1v) is 9.60. The predicted molar refractivity (Wildman–Crippen MR) is 94.3 cm³/mol. The highest BCUT2D eigenvalue weighted by atomic mass is 19.1. The Kier molecular flexibility index (Phi) is 6.40. The Labute approximate surface area is 148 Å². The smallest absolute Gasteiger partial charge is 0.220 e. The number of likely N-dealkylation sites (tertiary alicyclic amines) is 1.